The first-order valence-corrected chi connectivity index (χ1v) is 19.4. The number of phosphoric ester groups is 1. The molecule has 9 N–H and O–H groups in total. The maximum atomic E-state index is 13.9. The van der Waals surface area contributed by atoms with Crippen LogP contribution < -0.4 is 17.2 Å². The number of aliphatic hydroxyl groups is 2. The van der Waals surface area contributed by atoms with Crippen LogP contribution in [0.5, 0.6) is 0 Å². The van der Waals surface area contributed by atoms with E-state index in [1.54, 1.807) is 6.08 Å². The second kappa shape index (κ2) is 15.5. The van der Waals surface area contributed by atoms with E-state index in [2.05, 4.69) is 31.0 Å². The summed E-state index contributed by atoms with van der Waals surface area (Å²) in [5, 5.41) is 22.7. The molecule has 24 nitrogen and oxygen atoms in total. The highest BCUT2D eigenvalue weighted by Gasteiger charge is 2.57. The van der Waals surface area contributed by atoms with E-state index < -0.39 is 95.0 Å². The summed E-state index contributed by atoms with van der Waals surface area (Å²) in [6.07, 6.45) is -6.02. The second-order valence-corrected chi connectivity index (χ2v) is 15.7. The number of phosphoric acid groups is 1. The zero-order valence-electron chi connectivity index (χ0n) is 28.0. The van der Waals surface area contributed by atoms with Gasteiger partial charge in [0.1, 0.15) is 53.8 Å². The predicted octanol–water partition coefficient (Wildman–Crippen LogP) is -2.08. The zero-order valence-corrected chi connectivity index (χ0v) is 29.8. The number of likely N-dealkylation sites (tertiary alicyclic amines) is 1. The van der Waals surface area contributed by atoms with Crippen molar-refractivity contribution in [3.63, 3.8) is 0 Å². The van der Waals surface area contributed by atoms with Crippen molar-refractivity contribution in [3.05, 3.63) is 48.1 Å². The fourth-order valence-electron chi connectivity index (χ4n) is 6.35. The van der Waals surface area contributed by atoms with Crippen molar-refractivity contribution < 1.29 is 66.9 Å². The van der Waals surface area contributed by atoms with Crippen LogP contribution in [0.4, 0.5) is 11.6 Å². The van der Waals surface area contributed by atoms with Crippen LogP contribution in [-0.2, 0) is 42.0 Å². The minimum Gasteiger partial charge on any atom is -0.455 e. The number of anilines is 2. The summed E-state index contributed by atoms with van der Waals surface area (Å²) in [5.41, 5.74) is 8.66. The second-order valence-electron chi connectivity index (χ2n) is 12.5. The van der Waals surface area contributed by atoms with Crippen LogP contribution in [0.25, 0.3) is 11.2 Å². The predicted molar refractivity (Wildman–Crippen MR) is 179 cm³/mol. The van der Waals surface area contributed by atoms with Gasteiger partial charge in [-0.25, -0.2) is 29.1 Å². The lowest BCUT2D eigenvalue weighted by Gasteiger charge is -2.40. The molecule has 3 aromatic heterocycles. The molecule has 26 heteroatoms. The van der Waals surface area contributed by atoms with Crippen LogP contribution in [0, 0.1) is 0 Å². The highest BCUT2D eigenvalue weighted by molar-refractivity contribution is 7.53. The van der Waals surface area contributed by atoms with Crippen molar-refractivity contribution in [1.82, 2.24) is 34.0 Å². The Morgan fingerprint density at radius 1 is 1.02 bits per heavy atom. The number of carbonyl (C=O) groups is 2. The molecule has 6 rings (SSSR count). The lowest BCUT2D eigenvalue weighted by molar-refractivity contribution is -0.172. The fraction of sp³-hybridized carbons (Fsp3) is 0.536. The summed E-state index contributed by atoms with van der Waals surface area (Å²) >= 11 is 0. The van der Waals surface area contributed by atoms with Crippen molar-refractivity contribution in [1.29, 1.82) is 0 Å². The number of imidazole rings is 1. The Kier molecular flexibility index (Phi) is 11.3. The Morgan fingerprint density at radius 2 is 1.72 bits per heavy atom. The molecule has 6 heterocycles. The van der Waals surface area contributed by atoms with Gasteiger partial charge in [0, 0.05) is 19.2 Å². The molecule has 294 valence electrons. The topological polar surface area (TPSA) is 349 Å². The summed E-state index contributed by atoms with van der Waals surface area (Å²) in [5.74, 6) is -1.40. The minimum absolute atomic E-state index is 0.00598. The zero-order chi connectivity index (χ0) is 39.1. The van der Waals surface area contributed by atoms with Gasteiger partial charge < -0.3 is 60.0 Å². The monoisotopic (exact) mass is 801 g/mol. The normalized spacial score (nSPS) is 29.5. The number of hydrogen-bond acceptors (Lipinski definition) is 18. The van der Waals surface area contributed by atoms with Crippen molar-refractivity contribution in [3.8, 4) is 0 Å². The van der Waals surface area contributed by atoms with Crippen LogP contribution in [0.1, 0.15) is 31.7 Å². The van der Waals surface area contributed by atoms with E-state index in [0.717, 1.165) is 17.1 Å². The molecule has 3 saturated heterocycles. The number of esters is 1. The fourth-order valence-corrected chi connectivity index (χ4v) is 8.34. The molecule has 3 fully saturated rings. The highest BCUT2D eigenvalue weighted by Crippen LogP contribution is 2.56. The number of fused-ring (bicyclic) bond motifs is 1. The van der Waals surface area contributed by atoms with Crippen LogP contribution >= 0.6 is 15.4 Å². The molecule has 0 radical (unpaired) electrons. The lowest BCUT2D eigenvalue weighted by atomic mass is 10.0. The maximum Gasteiger partial charge on any atom is 0.469 e. The van der Waals surface area contributed by atoms with E-state index in [1.807, 2.05) is 0 Å². The molecule has 0 saturated carbocycles. The van der Waals surface area contributed by atoms with Crippen molar-refractivity contribution in [2.75, 3.05) is 31.2 Å². The number of nitrogen functional groups attached to an aromatic ring is 2. The van der Waals surface area contributed by atoms with Crippen molar-refractivity contribution in [2.24, 2.45) is 0 Å². The maximum absolute atomic E-state index is 13.9. The third kappa shape index (κ3) is 7.95. The Labute approximate surface area is 304 Å². The molecule has 0 aromatic carbocycles. The van der Waals surface area contributed by atoms with E-state index in [4.69, 9.17) is 30.2 Å². The van der Waals surface area contributed by atoms with Crippen molar-refractivity contribution >= 4 is 50.1 Å². The summed E-state index contributed by atoms with van der Waals surface area (Å²) in [4.78, 5) is 85.4. The Bertz CT molecular complexity index is 2060. The van der Waals surface area contributed by atoms with Crippen molar-refractivity contribution in [2.45, 2.75) is 73.9 Å². The van der Waals surface area contributed by atoms with Crippen LogP contribution in [-0.4, -0.2) is 133 Å². The molecule has 10 atom stereocenters. The number of carbonyl (C=O) groups excluding carboxylic acids is 2. The SMILES string of the molecule is C=CCCC(=O)N1CC[C@H]1C(=O)O[C@H]1[C@@H](O)[C@H](n2cnc3c(N)ncnc32)O[C@@H]1COP(=O)(O)[C@H]1[C@@H](O)[C@H](n2ccc(N)nc2=O)O[C@@H]1COP(=O)(O)O. The van der Waals surface area contributed by atoms with Gasteiger partial charge in [0.15, 0.2) is 30.0 Å². The van der Waals surface area contributed by atoms with Gasteiger partial charge in [-0.15, -0.1) is 6.58 Å². The summed E-state index contributed by atoms with van der Waals surface area (Å²) in [6, 6.07) is 0.176. The standard InChI is InChI=1S/C28H37N9O15P2/c1-2-3-4-17(38)35-7-5-13(35)27(41)52-21-14(50-25(19(21)39)37-12-33-18-23(30)31-11-32-24(18)37)9-48-53(43,44)22-15(10-49-54(45,46)47)51-26(20(22)40)36-8-6-16(29)34-28(36)42/h2,6,8,11-15,19-22,25-26,39-40H,1,3-5,7,9-10H2,(H,43,44)(H2,29,34,42)(H2,30,31,32)(H2,45,46,47)/t13-,14+,15+,19+,20+,21+,22+,25+,26+/m0/s1. The number of nitrogens with two attached hydrogens (primary N) is 2. The van der Waals surface area contributed by atoms with Crippen LogP contribution in [0.15, 0.2) is 42.4 Å². The summed E-state index contributed by atoms with van der Waals surface area (Å²) < 4.78 is 54.7. The number of hydrogen-bond donors (Lipinski definition) is 7. The van der Waals surface area contributed by atoms with Crippen LogP contribution in [0.2, 0.25) is 0 Å². The molecule has 3 aliphatic rings. The third-order valence-corrected chi connectivity index (χ3v) is 11.5. The molecule has 3 aromatic rings. The van der Waals surface area contributed by atoms with Gasteiger partial charge in [0.25, 0.3) is 0 Å². The average Bonchev–Trinajstić information content (AvgIpc) is 3.75. The van der Waals surface area contributed by atoms with E-state index in [1.165, 1.54) is 21.9 Å². The number of rotatable bonds is 14. The first kappa shape index (κ1) is 39.5. The van der Waals surface area contributed by atoms with E-state index in [0.29, 0.717) is 6.42 Å². The largest absolute Gasteiger partial charge is 0.469 e. The van der Waals surface area contributed by atoms with E-state index in [-0.39, 0.29) is 48.1 Å². The molecule has 3 aliphatic heterocycles. The van der Waals surface area contributed by atoms with Gasteiger partial charge in [0.2, 0.25) is 5.91 Å². The molecule has 1 unspecified atom stereocenters. The Hall–Kier alpha value is -4.19. The number of aromatic nitrogens is 6. The Balaban J connectivity index is 1.26. The molecule has 0 spiro atoms. The number of nitrogens with zero attached hydrogens (tertiary/aromatic N) is 7. The molecular weight excluding hydrogens is 764 g/mol. The number of ether oxygens (including phenoxy) is 3. The van der Waals surface area contributed by atoms with Gasteiger partial charge in [-0.2, -0.15) is 4.98 Å². The molecular formula is C28H37N9O15P2. The van der Waals surface area contributed by atoms with Gasteiger partial charge in [-0.05, 0) is 18.9 Å². The average molecular weight is 802 g/mol. The molecule has 1 amide bonds. The highest BCUT2D eigenvalue weighted by atomic mass is 31.2. The smallest absolute Gasteiger partial charge is 0.455 e. The minimum atomic E-state index is -5.21. The third-order valence-electron chi connectivity index (χ3n) is 9.07. The number of aliphatic hydroxyl groups excluding tert-OH is 2. The van der Waals surface area contributed by atoms with E-state index in [9.17, 15) is 48.4 Å². The summed E-state index contributed by atoms with van der Waals surface area (Å²) in [6.45, 7) is 1.92. The number of amides is 1. The first-order chi connectivity index (χ1) is 25.5. The van der Waals surface area contributed by atoms with Gasteiger partial charge in [0.05, 0.1) is 19.5 Å². The van der Waals surface area contributed by atoms with Gasteiger partial charge in [-0.3, -0.25) is 23.0 Å². The Morgan fingerprint density at radius 3 is 2.39 bits per heavy atom. The molecule has 0 bridgehead atoms. The van der Waals surface area contributed by atoms with E-state index >= 15 is 0 Å². The molecule has 54 heavy (non-hydrogen) atoms. The van der Waals surface area contributed by atoms with Gasteiger partial charge >= 0.3 is 27.1 Å². The quantitative estimate of drug-likeness (QED) is 0.0522. The van der Waals surface area contributed by atoms with Gasteiger partial charge in [-0.1, -0.05) is 6.08 Å². The number of allylic oxidation sites excluding steroid dienone is 1. The lowest BCUT2D eigenvalue weighted by Crippen LogP contribution is -2.57. The summed E-state index contributed by atoms with van der Waals surface area (Å²) in [7, 11) is -10.4. The van der Waals surface area contributed by atoms with Crippen LogP contribution in [0.3, 0.4) is 0 Å². The molecule has 0 aliphatic carbocycles. The first-order valence-electron chi connectivity index (χ1n) is 16.2.